The Balaban J connectivity index is 1.60. The smallest absolute Gasteiger partial charge is 0.228 e. The number of anilines is 1. The lowest BCUT2D eigenvalue weighted by Gasteiger charge is -2.25. The summed E-state index contributed by atoms with van der Waals surface area (Å²) in [5.41, 5.74) is 2.52. The van der Waals surface area contributed by atoms with Crippen LogP contribution in [0.1, 0.15) is 43.4 Å². The lowest BCUT2D eigenvalue weighted by molar-refractivity contribution is 0.230. The van der Waals surface area contributed by atoms with E-state index in [2.05, 4.69) is 15.4 Å². The quantitative estimate of drug-likeness (QED) is 0.893. The minimum Gasteiger partial charge on any atom is -0.354 e. The molecule has 0 radical (unpaired) electrons. The number of aromatic nitrogens is 1. The van der Waals surface area contributed by atoms with Gasteiger partial charge in [0.2, 0.25) is 5.88 Å². The molecule has 1 N–H and O–H groups in total. The molecule has 2 aliphatic heterocycles. The summed E-state index contributed by atoms with van der Waals surface area (Å²) in [6.07, 6.45) is 8.77. The summed E-state index contributed by atoms with van der Waals surface area (Å²) in [5.74, 6) is 0.932. The molecule has 0 spiro atoms. The van der Waals surface area contributed by atoms with E-state index in [1.165, 1.54) is 56.5 Å². The Bertz CT molecular complexity index is 382. The van der Waals surface area contributed by atoms with Crippen LogP contribution in [-0.4, -0.2) is 36.2 Å². The summed E-state index contributed by atoms with van der Waals surface area (Å²) in [7, 11) is 0. The lowest BCUT2D eigenvalue weighted by atomic mass is 10.1. The second kappa shape index (κ2) is 5.74. The highest BCUT2D eigenvalue weighted by molar-refractivity contribution is 5.44. The van der Waals surface area contributed by atoms with Crippen molar-refractivity contribution in [2.24, 2.45) is 0 Å². The average molecular weight is 249 g/mol. The van der Waals surface area contributed by atoms with Gasteiger partial charge in [0, 0.05) is 25.1 Å². The van der Waals surface area contributed by atoms with Gasteiger partial charge in [-0.05, 0) is 45.2 Å². The molecular formula is C14H23N3O. The van der Waals surface area contributed by atoms with Gasteiger partial charge in [-0.2, -0.15) is 0 Å². The average Bonchev–Trinajstić information content (AvgIpc) is 2.65. The Morgan fingerprint density at radius 1 is 1.11 bits per heavy atom. The molecule has 0 aliphatic carbocycles. The van der Waals surface area contributed by atoms with Crippen LogP contribution in [0.15, 0.2) is 4.52 Å². The molecule has 4 heteroatoms. The third-order valence-electron chi connectivity index (χ3n) is 4.12. The number of likely N-dealkylation sites (tertiary alicyclic amines) is 1. The molecule has 0 amide bonds. The van der Waals surface area contributed by atoms with Crippen molar-refractivity contribution in [3.8, 4) is 0 Å². The zero-order valence-corrected chi connectivity index (χ0v) is 11.1. The zero-order valence-electron chi connectivity index (χ0n) is 11.1. The third kappa shape index (κ3) is 2.69. The molecule has 1 saturated heterocycles. The van der Waals surface area contributed by atoms with Crippen molar-refractivity contribution < 1.29 is 4.52 Å². The monoisotopic (exact) mass is 249 g/mol. The fourth-order valence-corrected chi connectivity index (χ4v) is 3.01. The minimum absolute atomic E-state index is 0.932. The summed E-state index contributed by atoms with van der Waals surface area (Å²) < 4.78 is 5.43. The van der Waals surface area contributed by atoms with Gasteiger partial charge in [0.25, 0.3) is 0 Å². The summed E-state index contributed by atoms with van der Waals surface area (Å²) in [6, 6.07) is 0. The number of rotatable bonds is 3. The number of fused-ring (bicyclic) bond motifs is 1. The Kier molecular flexibility index (Phi) is 3.84. The zero-order chi connectivity index (χ0) is 12.2. The van der Waals surface area contributed by atoms with Crippen LogP contribution in [0, 0.1) is 0 Å². The first kappa shape index (κ1) is 12.0. The van der Waals surface area contributed by atoms with E-state index >= 15 is 0 Å². The largest absolute Gasteiger partial charge is 0.354 e. The number of hydrogen-bond donors (Lipinski definition) is 1. The predicted octanol–water partition coefficient (Wildman–Crippen LogP) is 2.45. The lowest BCUT2D eigenvalue weighted by Crippen LogP contribution is -2.31. The van der Waals surface area contributed by atoms with Crippen LogP contribution in [-0.2, 0) is 12.8 Å². The molecule has 1 aromatic rings. The number of nitrogens with zero attached hydrogens (tertiary/aromatic N) is 2. The highest BCUT2D eigenvalue weighted by Gasteiger charge is 2.19. The normalized spacial score (nSPS) is 21.1. The Hall–Kier alpha value is -1.03. The molecule has 2 aliphatic rings. The maximum Gasteiger partial charge on any atom is 0.228 e. The van der Waals surface area contributed by atoms with Crippen molar-refractivity contribution in [2.75, 3.05) is 31.5 Å². The van der Waals surface area contributed by atoms with Crippen molar-refractivity contribution in [2.45, 2.75) is 44.9 Å². The number of piperidine rings is 1. The van der Waals surface area contributed by atoms with Crippen molar-refractivity contribution in [3.05, 3.63) is 11.3 Å². The van der Waals surface area contributed by atoms with Gasteiger partial charge >= 0.3 is 0 Å². The van der Waals surface area contributed by atoms with E-state index in [1.54, 1.807) is 0 Å². The summed E-state index contributed by atoms with van der Waals surface area (Å²) in [4.78, 5) is 2.56. The molecule has 4 nitrogen and oxygen atoms in total. The SMILES string of the molecule is C1CCN(CCc2noc3c2CCCCN3)CC1. The molecule has 1 aromatic heterocycles. The molecule has 18 heavy (non-hydrogen) atoms. The molecule has 0 bridgehead atoms. The molecule has 0 aromatic carbocycles. The standard InChI is InChI=1S/C14H23N3O/c1-4-9-17(10-5-1)11-7-13-12-6-2-3-8-15-14(12)18-16-13/h15H,1-11H2. The van der Waals surface area contributed by atoms with E-state index in [0.717, 1.165) is 31.8 Å². The van der Waals surface area contributed by atoms with Gasteiger partial charge in [0.1, 0.15) is 0 Å². The van der Waals surface area contributed by atoms with Gasteiger partial charge in [-0.1, -0.05) is 11.6 Å². The molecule has 100 valence electrons. The molecule has 0 saturated carbocycles. The van der Waals surface area contributed by atoms with Crippen LogP contribution in [0.5, 0.6) is 0 Å². The molecule has 0 atom stereocenters. The highest BCUT2D eigenvalue weighted by Crippen LogP contribution is 2.25. The molecule has 3 heterocycles. The van der Waals surface area contributed by atoms with Gasteiger partial charge in [-0.3, -0.25) is 0 Å². The Morgan fingerprint density at radius 3 is 2.89 bits per heavy atom. The minimum atomic E-state index is 0.932. The fourth-order valence-electron chi connectivity index (χ4n) is 3.01. The third-order valence-corrected chi connectivity index (χ3v) is 4.12. The predicted molar refractivity (Wildman–Crippen MR) is 71.9 cm³/mol. The second-order valence-electron chi connectivity index (χ2n) is 5.47. The molecule has 1 fully saturated rings. The summed E-state index contributed by atoms with van der Waals surface area (Å²) in [6.45, 7) is 4.68. The number of hydrogen-bond acceptors (Lipinski definition) is 4. The topological polar surface area (TPSA) is 41.3 Å². The Morgan fingerprint density at radius 2 is 2.00 bits per heavy atom. The van der Waals surface area contributed by atoms with Crippen LogP contribution >= 0.6 is 0 Å². The molecule has 3 rings (SSSR count). The highest BCUT2D eigenvalue weighted by atomic mass is 16.5. The van der Waals surface area contributed by atoms with Crippen LogP contribution < -0.4 is 5.32 Å². The van der Waals surface area contributed by atoms with E-state index < -0.39 is 0 Å². The van der Waals surface area contributed by atoms with Gasteiger partial charge in [0.05, 0.1) is 5.69 Å². The van der Waals surface area contributed by atoms with Crippen LogP contribution in [0.2, 0.25) is 0 Å². The van der Waals surface area contributed by atoms with Crippen LogP contribution in [0.3, 0.4) is 0 Å². The Labute approximate surface area is 109 Å². The summed E-state index contributed by atoms with van der Waals surface area (Å²) in [5, 5.41) is 7.60. The van der Waals surface area contributed by atoms with Crippen LogP contribution in [0.4, 0.5) is 5.88 Å². The first-order chi connectivity index (χ1) is 8.93. The number of nitrogens with one attached hydrogen (secondary N) is 1. The van der Waals surface area contributed by atoms with Gasteiger partial charge < -0.3 is 14.7 Å². The van der Waals surface area contributed by atoms with E-state index in [0.29, 0.717) is 0 Å². The fraction of sp³-hybridized carbons (Fsp3) is 0.786. The van der Waals surface area contributed by atoms with Gasteiger partial charge in [-0.15, -0.1) is 0 Å². The van der Waals surface area contributed by atoms with E-state index in [4.69, 9.17) is 4.52 Å². The van der Waals surface area contributed by atoms with Crippen molar-refractivity contribution in [3.63, 3.8) is 0 Å². The second-order valence-corrected chi connectivity index (χ2v) is 5.47. The maximum absolute atomic E-state index is 5.43. The van der Waals surface area contributed by atoms with Crippen LogP contribution in [0.25, 0.3) is 0 Å². The van der Waals surface area contributed by atoms with Crippen molar-refractivity contribution in [1.29, 1.82) is 0 Å². The first-order valence-corrected chi connectivity index (χ1v) is 7.37. The van der Waals surface area contributed by atoms with E-state index in [9.17, 15) is 0 Å². The van der Waals surface area contributed by atoms with Crippen molar-refractivity contribution >= 4 is 5.88 Å². The maximum atomic E-state index is 5.43. The van der Waals surface area contributed by atoms with E-state index in [1.807, 2.05) is 0 Å². The van der Waals surface area contributed by atoms with Crippen molar-refractivity contribution in [1.82, 2.24) is 10.1 Å². The first-order valence-electron chi connectivity index (χ1n) is 7.37. The van der Waals surface area contributed by atoms with Gasteiger partial charge in [0.15, 0.2) is 0 Å². The molecular weight excluding hydrogens is 226 g/mol. The van der Waals surface area contributed by atoms with E-state index in [-0.39, 0.29) is 0 Å². The molecule has 0 unspecified atom stereocenters. The summed E-state index contributed by atoms with van der Waals surface area (Å²) >= 11 is 0. The van der Waals surface area contributed by atoms with Gasteiger partial charge in [-0.25, -0.2) is 0 Å².